The first-order valence-electron chi connectivity index (χ1n) is 7.17. The molecular formula is C15H20ClNO3. The van der Waals surface area contributed by atoms with Crippen LogP contribution in [0.2, 0.25) is 5.02 Å². The monoisotopic (exact) mass is 297 g/mol. The zero-order valence-corrected chi connectivity index (χ0v) is 12.4. The first kappa shape index (κ1) is 14.0. The number of rotatable bonds is 3. The maximum absolute atomic E-state index is 6.29. The number of nitrogens with one attached hydrogen (secondary N) is 1. The molecule has 0 radical (unpaired) electrons. The molecule has 0 aliphatic carbocycles. The Bertz CT molecular complexity index is 480. The van der Waals surface area contributed by atoms with Crippen LogP contribution in [0.3, 0.4) is 0 Å². The minimum absolute atomic E-state index is 0.269. The van der Waals surface area contributed by atoms with Crippen molar-refractivity contribution in [2.24, 2.45) is 0 Å². The fraction of sp³-hybridized carbons (Fsp3) is 0.600. The first-order valence-corrected chi connectivity index (χ1v) is 7.55. The fourth-order valence-corrected chi connectivity index (χ4v) is 2.92. The van der Waals surface area contributed by atoms with E-state index in [0.29, 0.717) is 30.0 Å². The summed E-state index contributed by atoms with van der Waals surface area (Å²) >= 11 is 6.29. The van der Waals surface area contributed by atoms with E-state index in [-0.39, 0.29) is 6.10 Å². The molecule has 0 bridgehead atoms. The first-order chi connectivity index (χ1) is 9.74. The van der Waals surface area contributed by atoms with Gasteiger partial charge in [0.1, 0.15) is 0 Å². The van der Waals surface area contributed by atoms with Gasteiger partial charge in [-0.2, -0.15) is 0 Å². The summed E-state index contributed by atoms with van der Waals surface area (Å²) in [5, 5.41) is 4.14. The molecule has 1 aromatic rings. The Morgan fingerprint density at radius 2 is 2.10 bits per heavy atom. The van der Waals surface area contributed by atoms with Gasteiger partial charge >= 0.3 is 0 Å². The van der Waals surface area contributed by atoms with Crippen LogP contribution in [0.5, 0.6) is 11.5 Å². The van der Waals surface area contributed by atoms with Gasteiger partial charge in [-0.15, -0.1) is 0 Å². The van der Waals surface area contributed by atoms with Gasteiger partial charge in [0.25, 0.3) is 0 Å². The Balaban J connectivity index is 1.70. The van der Waals surface area contributed by atoms with Crippen molar-refractivity contribution in [3.63, 3.8) is 0 Å². The molecule has 2 unspecified atom stereocenters. The Morgan fingerprint density at radius 1 is 1.25 bits per heavy atom. The third-order valence-electron chi connectivity index (χ3n) is 3.81. The average Bonchev–Trinajstić information content (AvgIpc) is 2.70. The van der Waals surface area contributed by atoms with Crippen LogP contribution in [0.4, 0.5) is 0 Å². The molecule has 1 aromatic carbocycles. The summed E-state index contributed by atoms with van der Waals surface area (Å²) < 4.78 is 16.9. The molecule has 0 saturated carbocycles. The van der Waals surface area contributed by atoms with Crippen LogP contribution < -0.4 is 14.8 Å². The van der Waals surface area contributed by atoms with Gasteiger partial charge in [-0.3, -0.25) is 0 Å². The summed E-state index contributed by atoms with van der Waals surface area (Å²) in [5.74, 6) is 1.42. The van der Waals surface area contributed by atoms with Gasteiger partial charge < -0.3 is 19.5 Å². The van der Waals surface area contributed by atoms with E-state index in [0.717, 1.165) is 37.3 Å². The summed E-state index contributed by atoms with van der Waals surface area (Å²) in [6, 6.07) is 4.37. The third-order valence-corrected chi connectivity index (χ3v) is 4.09. The molecule has 1 fully saturated rings. The molecule has 5 heteroatoms. The number of ether oxygens (including phenoxy) is 3. The van der Waals surface area contributed by atoms with E-state index in [2.05, 4.69) is 12.2 Å². The van der Waals surface area contributed by atoms with E-state index in [4.69, 9.17) is 25.8 Å². The largest absolute Gasteiger partial charge is 0.489 e. The smallest absolute Gasteiger partial charge is 0.179 e. The lowest BCUT2D eigenvalue weighted by Gasteiger charge is -2.17. The second-order valence-corrected chi connectivity index (χ2v) is 5.71. The van der Waals surface area contributed by atoms with Crippen LogP contribution in [0.25, 0.3) is 0 Å². The highest BCUT2D eigenvalue weighted by Crippen LogP contribution is 2.38. The molecule has 2 heterocycles. The Hall–Kier alpha value is -0.970. The summed E-state index contributed by atoms with van der Waals surface area (Å²) in [5.41, 5.74) is 1.11. The van der Waals surface area contributed by atoms with Crippen LogP contribution in [0, 0.1) is 0 Å². The van der Waals surface area contributed by atoms with E-state index < -0.39 is 0 Å². The zero-order chi connectivity index (χ0) is 13.9. The lowest BCUT2D eigenvalue weighted by atomic mass is 10.1. The van der Waals surface area contributed by atoms with Crippen LogP contribution in [-0.4, -0.2) is 32.0 Å². The SMILES string of the molecule is CC1OCCC1NCc1cc(Cl)c2c(c1)OCCCO2. The van der Waals surface area contributed by atoms with E-state index in [1.165, 1.54) is 0 Å². The molecule has 0 spiro atoms. The van der Waals surface area contributed by atoms with Crippen molar-refractivity contribution in [2.45, 2.75) is 38.5 Å². The minimum atomic E-state index is 0.269. The average molecular weight is 298 g/mol. The van der Waals surface area contributed by atoms with E-state index in [1.807, 2.05) is 12.1 Å². The standard InChI is InChI=1S/C15H20ClNO3/c1-10-13(3-6-18-10)17-9-11-7-12(16)15-14(8-11)19-4-2-5-20-15/h7-8,10,13,17H,2-6,9H2,1H3. The van der Waals surface area contributed by atoms with Crippen LogP contribution in [0.1, 0.15) is 25.3 Å². The number of hydrogen-bond donors (Lipinski definition) is 1. The van der Waals surface area contributed by atoms with Gasteiger partial charge in [0, 0.05) is 25.6 Å². The van der Waals surface area contributed by atoms with Gasteiger partial charge in [0.05, 0.1) is 24.3 Å². The van der Waals surface area contributed by atoms with Crippen molar-refractivity contribution >= 4 is 11.6 Å². The second-order valence-electron chi connectivity index (χ2n) is 5.31. The fourth-order valence-electron chi connectivity index (χ4n) is 2.63. The molecule has 2 atom stereocenters. The predicted octanol–water partition coefficient (Wildman–Crippen LogP) is 2.77. The molecular weight excluding hydrogens is 278 g/mol. The highest BCUT2D eigenvalue weighted by molar-refractivity contribution is 6.32. The highest BCUT2D eigenvalue weighted by atomic mass is 35.5. The molecule has 2 aliphatic heterocycles. The summed E-state index contributed by atoms with van der Waals surface area (Å²) in [6.45, 7) is 5.02. The number of halogens is 1. The normalized spacial score (nSPS) is 25.5. The summed E-state index contributed by atoms with van der Waals surface area (Å²) in [6.07, 6.45) is 2.21. The molecule has 0 aromatic heterocycles. The molecule has 0 amide bonds. The third kappa shape index (κ3) is 3.03. The summed E-state index contributed by atoms with van der Waals surface area (Å²) in [7, 11) is 0. The van der Waals surface area contributed by atoms with Gasteiger partial charge in [0.2, 0.25) is 0 Å². The van der Waals surface area contributed by atoms with Gasteiger partial charge in [-0.05, 0) is 31.0 Å². The predicted molar refractivity (Wildman–Crippen MR) is 77.7 cm³/mol. The van der Waals surface area contributed by atoms with Gasteiger partial charge in [-0.1, -0.05) is 11.6 Å². The number of hydrogen-bond acceptors (Lipinski definition) is 4. The van der Waals surface area contributed by atoms with Gasteiger partial charge in [-0.25, -0.2) is 0 Å². The Kier molecular flexibility index (Phi) is 4.34. The van der Waals surface area contributed by atoms with Crippen molar-refractivity contribution in [3.8, 4) is 11.5 Å². The van der Waals surface area contributed by atoms with E-state index in [1.54, 1.807) is 0 Å². The molecule has 110 valence electrons. The van der Waals surface area contributed by atoms with E-state index >= 15 is 0 Å². The maximum atomic E-state index is 6.29. The Morgan fingerprint density at radius 3 is 2.90 bits per heavy atom. The maximum Gasteiger partial charge on any atom is 0.179 e. The van der Waals surface area contributed by atoms with Crippen LogP contribution in [0.15, 0.2) is 12.1 Å². The van der Waals surface area contributed by atoms with Crippen molar-refractivity contribution in [1.82, 2.24) is 5.32 Å². The van der Waals surface area contributed by atoms with Crippen molar-refractivity contribution < 1.29 is 14.2 Å². The second kappa shape index (κ2) is 6.20. The van der Waals surface area contributed by atoms with Crippen molar-refractivity contribution in [1.29, 1.82) is 0 Å². The lowest BCUT2D eigenvalue weighted by Crippen LogP contribution is -2.34. The molecule has 3 rings (SSSR count). The lowest BCUT2D eigenvalue weighted by molar-refractivity contribution is 0.113. The molecule has 1 saturated heterocycles. The van der Waals surface area contributed by atoms with Crippen LogP contribution >= 0.6 is 11.6 Å². The number of fused-ring (bicyclic) bond motifs is 1. The molecule has 4 nitrogen and oxygen atoms in total. The molecule has 1 N–H and O–H groups in total. The van der Waals surface area contributed by atoms with Crippen LogP contribution in [-0.2, 0) is 11.3 Å². The molecule has 2 aliphatic rings. The number of benzene rings is 1. The topological polar surface area (TPSA) is 39.7 Å². The quantitative estimate of drug-likeness (QED) is 0.931. The Labute approximate surface area is 124 Å². The van der Waals surface area contributed by atoms with Crippen molar-refractivity contribution in [2.75, 3.05) is 19.8 Å². The molecule has 20 heavy (non-hydrogen) atoms. The van der Waals surface area contributed by atoms with Gasteiger partial charge in [0.15, 0.2) is 11.5 Å². The van der Waals surface area contributed by atoms with Crippen molar-refractivity contribution in [3.05, 3.63) is 22.7 Å². The highest BCUT2D eigenvalue weighted by Gasteiger charge is 2.23. The zero-order valence-electron chi connectivity index (χ0n) is 11.7. The minimum Gasteiger partial charge on any atom is -0.489 e. The summed E-state index contributed by atoms with van der Waals surface area (Å²) in [4.78, 5) is 0. The van der Waals surface area contributed by atoms with E-state index in [9.17, 15) is 0 Å².